The second-order valence-corrected chi connectivity index (χ2v) is 5.94. The van der Waals surface area contributed by atoms with Crippen LogP contribution in [0.1, 0.15) is 15.4 Å². The van der Waals surface area contributed by atoms with Crippen molar-refractivity contribution in [1.29, 1.82) is 0 Å². The van der Waals surface area contributed by atoms with Crippen LogP contribution in [-0.2, 0) is 6.61 Å². The number of primary amides is 1. The molecule has 9 heteroatoms. The van der Waals surface area contributed by atoms with Gasteiger partial charge in [0.2, 0.25) is 5.82 Å². The van der Waals surface area contributed by atoms with Gasteiger partial charge in [0.1, 0.15) is 17.2 Å². The highest BCUT2D eigenvalue weighted by Gasteiger charge is 2.21. The number of thiazole rings is 1. The van der Waals surface area contributed by atoms with Gasteiger partial charge in [0.25, 0.3) is 11.8 Å². The van der Waals surface area contributed by atoms with Crippen molar-refractivity contribution in [3.8, 4) is 17.1 Å². The zero-order valence-corrected chi connectivity index (χ0v) is 13.5. The molecule has 2 heterocycles. The Bertz CT molecular complexity index is 928. The minimum absolute atomic E-state index is 0.0899. The molecule has 0 spiro atoms. The Morgan fingerprint density at radius 1 is 1.24 bits per heavy atom. The minimum atomic E-state index is -1.23. The molecule has 0 radical (unpaired) electrons. The Balaban J connectivity index is 1.76. The number of amides is 1. The maximum Gasteiger partial charge on any atom is 0.254 e. The highest BCUT2D eigenvalue weighted by molar-refractivity contribution is 7.09. The maximum atomic E-state index is 14.0. The van der Waals surface area contributed by atoms with Gasteiger partial charge in [-0.05, 0) is 12.1 Å². The quantitative estimate of drug-likeness (QED) is 0.679. The lowest BCUT2D eigenvalue weighted by Crippen LogP contribution is -2.17. The molecule has 128 valence electrons. The van der Waals surface area contributed by atoms with E-state index in [1.807, 2.05) is 17.5 Å². The first kappa shape index (κ1) is 16.8. The predicted octanol–water partition coefficient (Wildman–Crippen LogP) is 2.74. The standard InChI is InChI=1S/C16H12F2N4O2S/c17-10-5-21-16(14(18)13(10)15(20)23)24-6-12-22-11(7-25-12)8-1-3-9(19)4-2-8/h1-5,7H,6,19H2,(H2,20,23). The molecule has 0 unspecified atom stereocenters. The largest absolute Gasteiger partial charge is 0.468 e. The number of hydrogen-bond donors (Lipinski definition) is 2. The van der Waals surface area contributed by atoms with Crippen LogP contribution in [0.4, 0.5) is 14.5 Å². The van der Waals surface area contributed by atoms with Crippen molar-refractivity contribution in [2.24, 2.45) is 5.73 Å². The van der Waals surface area contributed by atoms with Crippen LogP contribution >= 0.6 is 11.3 Å². The molecule has 0 aliphatic carbocycles. The molecule has 3 rings (SSSR count). The van der Waals surface area contributed by atoms with E-state index in [-0.39, 0.29) is 6.61 Å². The van der Waals surface area contributed by atoms with E-state index in [0.717, 1.165) is 5.56 Å². The normalized spacial score (nSPS) is 10.6. The fourth-order valence-electron chi connectivity index (χ4n) is 2.07. The van der Waals surface area contributed by atoms with Gasteiger partial charge >= 0.3 is 0 Å². The van der Waals surface area contributed by atoms with Gasteiger partial charge in [0, 0.05) is 16.6 Å². The summed E-state index contributed by atoms with van der Waals surface area (Å²) in [6.07, 6.45) is 0.681. The summed E-state index contributed by atoms with van der Waals surface area (Å²) in [6, 6.07) is 7.17. The summed E-state index contributed by atoms with van der Waals surface area (Å²) < 4.78 is 32.6. The zero-order chi connectivity index (χ0) is 18.0. The highest BCUT2D eigenvalue weighted by atomic mass is 32.1. The molecule has 0 aliphatic rings. The lowest BCUT2D eigenvalue weighted by molar-refractivity contribution is 0.0990. The van der Waals surface area contributed by atoms with Crippen molar-refractivity contribution in [3.05, 3.63) is 58.0 Å². The number of nitrogens with two attached hydrogens (primary N) is 2. The predicted molar refractivity (Wildman–Crippen MR) is 89.0 cm³/mol. The minimum Gasteiger partial charge on any atom is -0.468 e. The molecule has 6 nitrogen and oxygen atoms in total. The van der Waals surface area contributed by atoms with Gasteiger partial charge in [0.15, 0.2) is 5.82 Å². The molecular weight excluding hydrogens is 350 g/mol. The van der Waals surface area contributed by atoms with Crippen LogP contribution in [0.25, 0.3) is 11.3 Å². The Morgan fingerprint density at radius 2 is 1.96 bits per heavy atom. The van der Waals surface area contributed by atoms with Gasteiger partial charge in [-0.2, -0.15) is 0 Å². The van der Waals surface area contributed by atoms with Crippen LogP contribution in [0.3, 0.4) is 0 Å². The number of ether oxygens (including phenoxy) is 1. The van der Waals surface area contributed by atoms with Gasteiger partial charge in [-0.1, -0.05) is 12.1 Å². The Labute approximate surface area is 145 Å². The van der Waals surface area contributed by atoms with E-state index < -0.39 is 29.0 Å². The maximum absolute atomic E-state index is 14.0. The fourth-order valence-corrected chi connectivity index (χ4v) is 2.78. The third-order valence-electron chi connectivity index (χ3n) is 3.28. The molecule has 0 saturated heterocycles. The number of rotatable bonds is 5. The number of halogens is 2. The summed E-state index contributed by atoms with van der Waals surface area (Å²) in [5.74, 6) is -4.12. The molecule has 1 aromatic carbocycles. The van der Waals surface area contributed by atoms with Crippen LogP contribution in [-0.4, -0.2) is 15.9 Å². The molecule has 0 aliphatic heterocycles. The van der Waals surface area contributed by atoms with Crippen LogP contribution in [0, 0.1) is 11.6 Å². The van der Waals surface area contributed by atoms with Gasteiger partial charge < -0.3 is 16.2 Å². The van der Waals surface area contributed by atoms with Crippen molar-refractivity contribution < 1.29 is 18.3 Å². The second kappa shape index (κ2) is 6.81. The first-order valence-electron chi connectivity index (χ1n) is 7.02. The van der Waals surface area contributed by atoms with E-state index in [0.29, 0.717) is 22.6 Å². The van der Waals surface area contributed by atoms with Gasteiger partial charge in [-0.25, -0.2) is 18.7 Å². The average molecular weight is 362 g/mol. The van der Waals surface area contributed by atoms with E-state index in [1.54, 1.807) is 12.1 Å². The molecule has 0 fully saturated rings. The van der Waals surface area contributed by atoms with E-state index in [9.17, 15) is 13.6 Å². The summed E-state index contributed by atoms with van der Waals surface area (Å²) in [7, 11) is 0. The lowest BCUT2D eigenvalue weighted by Gasteiger charge is -2.07. The van der Waals surface area contributed by atoms with Crippen LogP contribution < -0.4 is 16.2 Å². The van der Waals surface area contributed by atoms with Crippen LogP contribution in [0.2, 0.25) is 0 Å². The van der Waals surface area contributed by atoms with Crippen molar-refractivity contribution in [3.63, 3.8) is 0 Å². The molecule has 25 heavy (non-hydrogen) atoms. The molecule has 0 atom stereocenters. The monoisotopic (exact) mass is 362 g/mol. The topological polar surface area (TPSA) is 104 Å². The smallest absolute Gasteiger partial charge is 0.254 e. The van der Waals surface area contributed by atoms with Gasteiger partial charge in [0.05, 0.1) is 11.9 Å². The van der Waals surface area contributed by atoms with E-state index in [4.69, 9.17) is 16.2 Å². The highest BCUT2D eigenvalue weighted by Crippen LogP contribution is 2.25. The molecular formula is C16H12F2N4O2S. The SMILES string of the molecule is NC(=O)c1c(F)cnc(OCc2nc(-c3ccc(N)cc3)cs2)c1F. The number of anilines is 1. The van der Waals surface area contributed by atoms with Crippen LogP contribution in [0.5, 0.6) is 5.88 Å². The summed E-state index contributed by atoms with van der Waals surface area (Å²) >= 11 is 1.30. The number of pyridine rings is 1. The molecule has 0 bridgehead atoms. The number of nitrogen functional groups attached to an aromatic ring is 1. The Morgan fingerprint density at radius 3 is 2.64 bits per heavy atom. The number of carbonyl (C=O) groups excluding carboxylic acids is 1. The van der Waals surface area contributed by atoms with E-state index in [1.165, 1.54) is 11.3 Å². The second-order valence-electron chi connectivity index (χ2n) is 5.00. The number of benzene rings is 1. The zero-order valence-electron chi connectivity index (χ0n) is 12.7. The third kappa shape index (κ3) is 3.56. The van der Waals surface area contributed by atoms with Gasteiger partial charge in [-0.15, -0.1) is 11.3 Å². The van der Waals surface area contributed by atoms with Crippen molar-refractivity contribution in [2.45, 2.75) is 6.61 Å². The number of hydrogen-bond acceptors (Lipinski definition) is 6. The average Bonchev–Trinajstić information content (AvgIpc) is 3.03. The molecule has 4 N–H and O–H groups in total. The first-order valence-corrected chi connectivity index (χ1v) is 7.90. The fraction of sp³-hybridized carbons (Fsp3) is 0.0625. The summed E-state index contributed by atoms with van der Waals surface area (Å²) in [5.41, 5.74) is 11.9. The van der Waals surface area contributed by atoms with Crippen molar-refractivity contribution >= 4 is 22.9 Å². The van der Waals surface area contributed by atoms with Crippen molar-refractivity contribution in [2.75, 3.05) is 5.73 Å². The molecule has 1 amide bonds. The molecule has 0 saturated carbocycles. The Kier molecular flexibility index (Phi) is 4.57. The number of nitrogens with zero attached hydrogens (tertiary/aromatic N) is 2. The summed E-state index contributed by atoms with van der Waals surface area (Å²) in [5, 5.41) is 2.37. The van der Waals surface area contributed by atoms with Crippen molar-refractivity contribution in [1.82, 2.24) is 9.97 Å². The number of carbonyl (C=O) groups is 1. The summed E-state index contributed by atoms with van der Waals surface area (Å²) in [4.78, 5) is 19.0. The first-order chi connectivity index (χ1) is 12.0. The molecule has 2 aromatic heterocycles. The Hall–Kier alpha value is -3.07. The third-order valence-corrected chi connectivity index (χ3v) is 4.10. The summed E-state index contributed by atoms with van der Waals surface area (Å²) in [6.45, 7) is -0.0899. The molecule has 3 aromatic rings. The number of aromatic nitrogens is 2. The van der Waals surface area contributed by atoms with Gasteiger partial charge in [-0.3, -0.25) is 4.79 Å². The van der Waals surface area contributed by atoms with E-state index >= 15 is 0 Å². The lowest BCUT2D eigenvalue weighted by atomic mass is 10.1. The van der Waals surface area contributed by atoms with E-state index in [2.05, 4.69) is 9.97 Å². The van der Waals surface area contributed by atoms with Crippen LogP contribution in [0.15, 0.2) is 35.8 Å².